The minimum atomic E-state index is -0.315. The molecule has 1 aromatic carbocycles. The summed E-state index contributed by atoms with van der Waals surface area (Å²) >= 11 is 6.12. The van der Waals surface area contributed by atoms with E-state index in [4.69, 9.17) is 21.1 Å². The first-order valence-electron chi connectivity index (χ1n) is 8.95. The number of aromatic nitrogens is 1. The molecule has 0 unspecified atom stereocenters. The van der Waals surface area contributed by atoms with Gasteiger partial charge in [0.25, 0.3) is 5.91 Å². The molecule has 0 radical (unpaired) electrons. The van der Waals surface area contributed by atoms with Gasteiger partial charge in [0, 0.05) is 37.1 Å². The fourth-order valence-corrected chi connectivity index (χ4v) is 3.38. The number of carbonyl (C=O) groups is 1. The zero-order valence-corrected chi connectivity index (χ0v) is 16.5. The fourth-order valence-electron chi connectivity index (χ4n) is 3.15. The van der Waals surface area contributed by atoms with Crippen molar-refractivity contribution in [2.24, 2.45) is 5.92 Å². The van der Waals surface area contributed by atoms with Crippen LogP contribution in [0.25, 0.3) is 0 Å². The number of nitrogens with one attached hydrogen (secondary N) is 1. The van der Waals surface area contributed by atoms with Crippen LogP contribution >= 0.6 is 11.6 Å². The number of methoxy groups -OCH3 is 2. The van der Waals surface area contributed by atoms with E-state index >= 15 is 0 Å². The monoisotopic (exact) mass is 389 g/mol. The van der Waals surface area contributed by atoms with Gasteiger partial charge in [0.05, 0.1) is 24.9 Å². The SMILES string of the molecule is COc1cc(NC(=O)c2cc(N3CCC(C)CC3)ccn2)c(OC)cc1Cl. The molecule has 1 aromatic heterocycles. The topological polar surface area (TPSA) is 63.7 Å². The average Bonchev–Trinajstić information content (AvgIpc) is 2.69. The van der Waals surface area contributed by atoms with Crippen LogP contribution in [-0.4, -0.2) is 38.2 Å². The number of hydrogen-bond acceptors (Lipinski definition) is 5. The number of hydrogen-bond donors (Lipinski definition) is 1. The van der Waals surface area contributed by atoms with Crippen molar-refractivity contribution in [2.45, 2.75) is 19.8 Å². The van der Waals surface area contributed by atoms with Gasteiger partial charge in [-0.3, -0.25) is 9.78 Å². The van der Waals surface area contributed by atoms with Gasteiger partial charge in [0.15, 0.2) is 0 Å². The maximum atomic E-state index is 12.7. The highest BCUT2D eigenvalue weighted by Crippen LogP contribution is 2.36. The van der Waals surface area contributed by atoms with Gasteiger partial charge in [0.2, 0.25) is 0 Å². The van der Waals surface area contributed by atoms with Crippen molar-refractivity contribution in [1.82, 2.24) is 4.98 Å². The van der Waals surface area contributed by atoms with Crippen molar-refractivity contribution in [3.8, 4) is 11.5 Å². The van der Waals surface area contributed by atoms with Gasteiger partial charge < -0.3 is 19.7 Å². The minimum Gasteiger partial charge on any atom is -0.495 e. The van der Waals surface area contributed by atoms with E-state index in [0.717, 1.165) is 37.5 Å². The Kier molecular flexibility index (Phi) is 6.06. The number of nitrogens with zero attached hydrogens (tertiary/aromatic N) is 2. The Morgan fingerprint density at radius 2 is 1.89 bits per heavy atom. The first-order valence-corrected chi connectivity index (χ1v) is 9.33. The Balaban J connectivity index is 1.80. The highest BCUT2D eigenvalue weighted by atomic mass is 35.5. The molecule has 1 fully saturated rings. The molecule has 0 atom stereocenters. The van der Waals surface area contributed by atoms with Gasteiger partial charge in [-0.2, -0.15) is 0 Å². The number of ether oxygens (including phenoxy) is 2. The molecule has 0 spiro atoms. The van der Waals surface area contributed by atoms with Crippen LogP contribution in [0.4, 0.5) is 11.4 Å². The summed E-state index contributed by atoms with van der Waals surface area (Å²) in [7, 11) is 3.04. The lowest BCUT2D eigenvalue weighted by atomic mass is 9.99. The molecule has 0 bridgehead atoms. The van der Waals surface area contributed by atoms with Crippen molar-refractivity contribution in [3.05, 3.63) is 41.2 Å². The third-order valence-electron chi connectivity index (χ3n) is 4.85. The Hall–Kier alpha value is -2.47. The van der Waals surface area contributed by atoms with Crippen molar-refractivity contribution >= 4 is 28.9 Å². The van der Waals surface area contributed by atoms with Gasteiger partial charge in [-0.25, -0.2) is 0 Å². The Morgan fingerprint density at radius 1 is 1.19 bits per heavy atom. The van der Waals surface area contributed by atoms with Gasteiger partial charge in [-0.1, -0.05) is 18.5 Å². The van der Waals surface area contributed by atoms with E-state index in [1.807, 2.05) is 12.1 Å². The van der Waals surface area contributed by atoms with Crippen LogP contribution in [0.5, 0.6) is 11.5 Å². The summed E-state index contributed by atoms with van der Waals surface area (Å²) in [5, 5.41) is 3.24. The molecule has 2 heterocycles. The molecule has 27 heavy (non-hydrogen) atoms. The van der Waals surface area contributed by atoms with Crippen LogP contribution in [0.1, 0.15) is 30.3 Å². The number of amides is 1. The van der Waals surface area contributed by atoms with Crippen LogP contribution in [0.3, 0.4) is 0 Å². The van der Waals surface area contributed by atoms with Crippen molar-refractivity contribution in [3.63, 3.8) is 0 Å². The number of rotatable bonds is 5. The predicted molar refractivity (Wildman–Crippen MR) is 107 cm³/mol. The summed E-state index contributed by atoms with van der Waals surface area (Å²) in [6.07, 6.45) is 3.99. The molecular weight excluding hydrogens is 366 g/mol. The smallest absolute Gasteiger partial charge is 0.274 e. The second-order valence-corrected chi connectivity index (χ2v) is 7.12. The van der Waals surface area contributed by atoms with Crippen LogP contribution in [0.15, 0.2) is 30.5 Å². The lowest BCUT2D eigenvalue weighted by Gasteiger charge is -2.32. The van der Waals surface area contributed by atoms with Crippen molar-refractivity contribution in [2.75, 3.05) is 37.5 Å². The number of halogens is 1. The van der Waals surface area contributed by atoms with Crippen molar-refractivity contribution < 1.29 is 14.3 Å². The highest BCUT2D eigenvalue weighted by Gasteiger charge is 2.19. The summed E-state index contributed by atoms with van der Waals surface area (Å²) in [6.45, 7) is 4.26. The minimum absolute atomic E-state index is 0.315. The molecule has 0 aliphatic carbocycles. The Morgan fingerprint density at radius 3 is 2.56 bits per heavy atom. The predicted octanol–water partition coefficient (Wildman–Crippen LogP) is 4.24. The molecule has 3 rings (SSSR count). The third-order valence-corrected chi connectivity index (χ3v) is 5.14. The second kappa shape index (κ2) is 8.48. The van der Waals surface area contributed by atoms with Crippen molar-refractivity contribution in [1.29, 1.82) is 0 Å². The van der Waals surface area contributed by atoms with Crippen LogP contribution < -0.4 is 19.7 Å². The van der Waals surface area contributed by atoms with Gasteiger partial charge in [-0.05, 0) is 30.9 Å². The van der Waals surface area contributed by atoms with E-state index in [9.17, 15) is 4.79 Å². The number of pyridine rings is 1. The fraction of sp³-hybridized carbons (Fsp3) is 0.400. The Labute approximate surface area is 164 Å². The molecule has 144 valence electrons. The highest BCUT2D eigenvalue weighted by molar-refractivity contribution is 6.32. The number of benzene rings is 1. The quantitative estimate of drug-likeness (QED) is 0.828. The van der Waals surface area contributed by atoms with Crippen LogP contribution in [-0.2, 0) is 0 Å². The number of anilines is 2. The zero-order valence-electron chi connectivity index (χ0n) is 15.8. The molecule has 1 aliphatic heterocycles. The zero-order chi connectivity index (χ0) is 19.4. The van der Waals surface area contributed by atoms with Crippen LogP contribution in [0, 0.1) is 5.92 Å². The maximum absolute atomic E-state index is 12.7. The molecule has 6 nitrogen and oxygen atoms in total. The van der Waals surface area contributed by atoms with Gasteiger partial charge in [0.1, 0.15) is 17.2 Å². The largest absolute Gasteiger partial charge is 0.495 e. The molecule has 7 heteroatoms. The molecular formula is C20H24ClN3O3. The van der Waals surface area contributed by atoms with Gasteiger partial charge in [-0.15, -0.1) is 0 Å². The summed E-state index contributed by atoms with van der Waals surface area (Å²) in [5.74, 6) is 1.34. The van der Waals surface area contributed by atoms with E-state index in [-0.39, 0.29) is 5.91 Å². The maximum Gasteiger partial charge on any atom is 0.274 e. The summed E-state index contributed by atoms with van der Waals surface area (Å²) < 4.78 is 10.5. The van der Waals surface area contributed by atoms with E-state index in [1.165, 1.54) is 14.2 Å². The van der Waals surface area contributed by atoms with Crippen LogP contribution in [0.2, 0.25) is 5.02 Å². The molecule has 0 saturated carbocycles. The number of carbonyl (C=O) groups excluding carboxylic acids is 1. The summed E-state index contributed by atoms with van der Waals surface area (Å²) in [5.41, 5.74) is 1.84. The normalized spacial score (nSPS) is 14.7. The number of piperidine rings is 1. The van der Waals surface area contributed by atoms with E-state index in [2.05, 4.69) is 22.1 Å². The lowest BCUT2D eigenvalue weighted by molar-refractivity contribution is 0.102. The molecule has 1 N–H and O–H groups in total. The van der Waals surface area contributed by atoms with Gasteiger partial charge >= 0.3 is 0 Å². The second-order valence-electron chi connectivity index (χ2n) is 6.71. The molecule has 1 saturated heterocycles. The summed E-state index contributed by atoms with van der Waals surface area (Å²) in [4.78, 5) is 19.3. The Bertz CT molecular complexity index is 820. The lowest BCUT2D eigenvalue weighted by Crippen LogP contribution is -2.33. The van der Waals surface area contributed by atoms with E-state index in [1.54, 1.807) is 18.3 Å². The molecule has 1 amide bonds. The molecule has 2 aromatic rings. The molecule has 1 aliphatic rings. The first kappa shape index (κ1) is 19.3. The summed E-state index contributed by atoms with van der Waals surface area (Å²) in [6, 6.07) is 7.01. The van der Waals surface area contributed by atoms with E-state index in [0.29, 0.717) is 27.9 Å². The average molecular weight is 390 g/mol. The first-order chi connectivity index (χ1) is 13.0. The van der Waals surface area contributed by atoms with E-state index < -0.39 is 0 Å². The third kappa shape index (κ3) is 4.45. The standard InChI is InChI=1S/C20H24ClN3O3/c1-13-5-8-24(9-6-13)14-4-7-22-17(10-14)20(25)23-16-12-18(26-2)15(21)11-19(16)27-3/h4,7,10-13H,5-6,8-9H2,1-3H3,(H,23,25).